The largest absolute Gasteiger partial charge is 0.377 e. The molecule has 0 spiro atoms. The van der Waals surface area contributed by atoms with Crippen LogP contribution in [0.25, 0.3) is 0 Å². The van der Waals surface area contributed by atoms with Crippen LogP contribution in [0.2, 0.25) is 0 Å². The molecule has 29 heavy (non-hydrogen) atoms. The number of ether oxygens (including phenoxy) is 1. The minimum absolute atomic E-state index is 0.0221. The van der Waals surface area contributed by atoms with Crippen LogP contribution >= 0.6 is 0 Å². The molecule has 1 saturated heterocycles. The number of anilines is 1. The van der Waals surface area contributed by atoms with Crippen LogP contribution in [0, 0.1) is 0 Å². The van der Waals surface area contributed by atoms with E-state index in [1.54, 1.807) is 24.3 Å². The molecule has 0 bridgehead atoms. The van der Waals surface area contributed by atoms with Gasteiger partial charge in [-0.25, -0.2) is 13.1 Å². The molecule has 0 aliphatic carbocycles. The van der Waals surface area contributed by atoms with Crippen LogP contribution in [0.3, 0.4) is 0 Å². The fraction of sp³-hybridized carbons (Fsp3) is 0.409. The zero-order valence-corrected chi connectivity index (χ0v) is 17.9. The molecule has 0 radical (unpaired) electrons. The van der Waals surface area contributed by atoms with Crippen molar-refractivity contribution in [3.05, 3.63) is 59.7 Å². The second kappa shape index (κ2) is 8.65. The van der Waals surface area contributed by atoms with E-state index in [2.05, 4.69) is 30.8 Å². The van der Waals surface area contributed by atoms with Crippen LogP contribution in [0.5, 0.6) is 0 Å². The minimum Gasteiger partial charge on any atom is -0.377 e. The molecular formula is C22H28N2O4S. The molecule has 1 aliphatic heterocycles. The molecular weight excluding hydrogens is 388 g/mol. The summed E-state index contributed by atoms with van der Waals surface area (Å²) < 4.78 is 32.8. The molecule has 1 unspecified atom stereocenters. The number of benzene rings is 2. The average molecular weight is 417 g/mol. The summed E-state index contributed by atoms with van der Waals surface area (Å²) in [7, 11) is -3.61. The van der Waals surface area contributed by atoms with Crippen molar-refractivity contribution in [3.8, 4) is 0 Å². The second-order valence-electron chi connectivity index (χ2n) is 8.29. The maximum Gasteiger partial charge on any atom is 0.255 e. The number of nitrogens with one attached hydrogen (secondary N) is 2. The van der Waals surface area contributed by atoms with Crippen LogP contribution < -0.4 is 10.0 Å². The number of carbonyl (C=O) groups excluding carboxylic acids is 1. The van der Waals surface area contributed by atoms with E-state index >= 15 is 0 Å². The highest BCUT2D eigenvalue weighted by Crippen LogP contribution is 2.22. The zero-order valence-electron chi connectivity index (χ0n) is 17.1. The Morgan fingerprint density at radius 2 is 1.72 bits per heavy atom. The van der Waals surface area contributed by atoms with Gasteiger partial charge in [-0.3, -0.25) is 4.79 Å². The van der Waals surface area contributed by atoms with Crippen molar-refractivity contribution in [1.29, 1.82) is 0 Å². The Kier molecular flexibility index (Phi) is 6.41. The van der Waals surface area contributed by atoms with Gasteiger partial charge in [-0.1, -0.05) is 32.9 Å². The first-order valence-corrected chi connectivity index (χ1v) is 11.3. The summed E-state index contributed by atoms with van der Waals surface area (Å²) >= 11 is 0. The normalized spacial score (nSPS) is 17.3. The number of sulfonamides is 1. The summed E-state index contributed by atoms with van der Waals surface area (Å²) in [5, 5.41) is 2.80. The molecule has 6 nitrogen and oxygen atoms in total. The standard InChI is InChI=1S/C22H28N2O4S/c1-22(2,3)17-8-6-16(7-9-17)21(25)24-18-10-12-20(13-11-18)29(26,27)23-15-19-5-4-14-28-19/h6-13,19,23H,4-5,14-15H2,1-3H3,(H,24,25). The lowest BCUT2D eigenvalue weighted by molar-refractivity contribution is 0.102. The van der Waals surface area contributed by atoms with Crippen LogP contribution in [-0.4, -0.2) is 33.6 Å². The van der Waals surface area contributed by atoms with Crippen molar-refractivity contribution >= 4 is 21.6 Å². The van der Waals surface area contributed by atoms with Gasteiger partial charge in [0, 0.05) is 24.4 Å². The average Bonchev–Trinajstić information content (AvgIpc) is 3.20. The highest BCUT2D eigenvalue weighted by molar-refractivity contribution is 7.89. The first-order valence-electron chi connectivity index (χ1n) is 9.78. The Bertz CT molecular complexity index is 940. The molecule has 7 heteroatoms. The van der Waals surface area contributed by atoms with E-state index in [0.29, 0.717) is 17.9 Å². The van der Waals surface area contributed by atoms with Crippen molar-refractivity contribution in [2.24, 2.45) is 0 Å². The highest BCUT2D eigenvalue weighted by atomic mass is 32.2. The van der Waals surface area contributed by atoms with Gasteiger partial charge < -0.3 is 10.1 Å². The van der Waals surface area contributed by atoms with Crippen molar-refractivity contribution in [2.75, 3.05) is 18.5 Å². The summed E-state index contributed by atoms with van der Waals surface area (Å²) in [6.07, 6.45) is 1.76. The van der Waals surface area contributed by atoms with Gasteiger partial charge in [-0.05, 0) is 60.2 Å². The van der Waals surface area contributed by atoms with Gasteiger partial charge >= 0.3 is 0 Å². The summed E-state index contributed by atoms with van der Waals surface area (Å²) in [5.74, 6) is -0.238. The topological polar surface area (TPSA) is 84.5 Å². The Hall–Kier alpha value is -2.22. The van der Waals surface area contributed by atoms with E-state index in [4.69, 9.17) is 4.74 Å². The molecule has 1 fully saturated rings. The first kappa shape index (κ1) is 21.5. The molecule has 1 heterocycles. The Labute approximate surface area is 172 Å². The van der Waals surface area contributed by atoms with Crippen molar-refractivity contribution < 1.29 is 17.9 Å². The van der Waals surface area contributed by atoms with Gasteiger partial charge in [-0.2, -0.15) is 0 Å². The molecule has 2 aromatic carbocycles. The van der Waals surface area contributed by atoms with Crippen LogP contribution in [0.1, 0.15) is 49.5 Å². The minimum atomic E-state index is -3.61. The third-order valence-corrected chi connectivity index (χ3v) is 6.40. The Morgan fingerprint density at radius 3 is 2.28 bits per heavy atom. The molecule has 3 rings (SSSR count). The monoisotopic (exact) mass is 416 g/mol. The third-order valence-electron chi connectivity index (χ3n) is 4.96. The summed E-state index contributed by atoms with van der Waals surface area (Å²) in [6, 6.07) is 13.6. The Balaban J connectivity index is 1.61. The zero-order chi connectivity index (χ0) is 21.1. The number of rotatable bonds is 6. The van der Waals surface area contributed by atoms with Crippen LogP contribution in [0.4, 0.5) is 5.69 Å². The van der Waals surface area contributed by atoms with E-state index < -0.39 is 10.0 Å². The molecule has 2 aromatic rings. The van der Waals surface area contributed by atoms with E-state index in [9.17, 15) is 13.2 Å². The smallest absolute Gasteiger partial charge is 0.255 e. The molecule has 1 atom stereocenters. The molecule has 2 N–H and O–H groups in total. The van der Waals surface area contributed by atoms with Gasteiger partial charge in [0.05, 0.1) is 11.0 Å². The summed E-state index contributed by atoms with van der Waals surface area (Å²) in [6.45, 7) is 7.30. The predicted octanol–water partition coefficient (Wildman–Crippen LogP) is 3.69. The highest BCUT2D eigenvalue weighted by Gasteiger charge is 2.20. The lowest BCUT2D eigenvalue weighted by atomic mass is 9.87. The predicted molar refractivity (Wildman–Crippen MR) is 114 cm³/mol. The van der Waals surface area contributed by atoms with Gasteiger partial charge in [0.2, 0.25) is 10.0 Å². The second-order valence-corrected chi connectivity index (χ2v) is 10.1. The summed E-state index contributed by atoms with van der Waals surface area (Å²) in [4.78, 5) is 12.6. The summed E-state index contributed by atoms with van der Waals surface area (Å²) in [5.41, 5.74) is 2.26. The SMILES string of the molecule is CC(C)(C)c1ccc(C(=O)Nc2ccc(S(=O)(=O)NCC3CCCO3)cc2)cc1. The molecule has 156 valence electrons. The molecule has 1 amide bonds. The Morgan fingerprint density at radius 1 is 1.07 bits per heavy atom. The maximum absolute atomic E-state index is 12.5. The molecule has 0 saturated carbocycles. The van der Waals surface area contributed by atoms with Crippen molar-refractivity contribution in [3.63, 3.8) is 0 Å². The number of hydrogen-bond acceptors (Lipinski definition) is 4. The van der Waals surface area contributed by atoms with Gasteiger partial charge in [0.15, 0.2) is 0 Å². The molecule has 1 aliphatic rings. The lowest BCUT2D eigenvalue weighted by Gasteiger charge is -2.19. The fourth-order valence-corrected chi connectivity index (χ4v) is 4.20. The van der Waals surface area contributed by atoms with Crippen molar-refractivity contribution in [2.45, 2.75) is 50.0 Å². The van der Waals surface area contributed by atoms with Gasteiger partial charge in [0.25, 0.3) is 5.91 Å². The molecule has 0 aromatic heterocycles. The lowest BCUT2D eigenvalue weighted by Crippen LogP contribution is -2.31. The van der Waals surface area contributed by atoms with Crippen molar-refractivity contribution in [1.82, 2.24) is 4.72 Å². The first-order chi connectivity index (χ1) is 13.6. The number of carbonyl (C=O) groups is 1. The van der Waals surface area contributed by atoms with Gasteiger partial charge in [-0.15, -0.1) is 0 Å². The van der Waals surface area contributed by atoms with E-state index in [1.165, 1.54) is 12.1 Å². The number of amides is 1. The van der Waals surface area contributed by atoms with E-state index in [0.717, 1.165) is 18.4 Å². The van der Waals surface area contributed by atoms with Gasteiger partial charge in [0.1, 0.15) is 0 Å². The quantitative estimate of drug-likeness (QED) is 0.752. The van der Waals surface area contributed by atoms with Crippen LogP contribution in [0.15, 0.2) is 53.4 Å². The fourth-order valence-electron chi connectivity index (χ4n) is 3.13. The maximum atomic E-state index is 12.5. The van der Waals surface area contributed by atoms with E-state index in [1.807, 2.05) is 12.1 Å². The van der Waals surface area contributed by atoms with E-state index in [-0.39, 0.29) is 28.9 Å². The number of hydrogen-bond donors (Lipinski definition) is 2. The van der Waals surface area contributed by atoms with Crippen LogP contribution in [-0.2, 0) is 20.2 Å². The third kappa shape index (κ3) is 5.65.